The number of nitrogens with zero attached hydrogens (tertiary/aromatic N) is 7. The Balaban J connectivity index is 0.694. The summed E-state index contributed by atoms with van der Waals surface area (Å²) >= 11 is 1.57. The Morgan fingerprint density at radius 2 is 1.53 bits per heavy atom. The Morgan fingerprint density at radius 3 is 2.20 bits per heavy atom. The van der Waals surface area contributed by atoms with Crippen LogP contribution in [0.25, 0.3) is 10.4 Å². The van der Waals surface area contributed by atoms with E-state index in [9.17, 15) is 28.8 Å². The topological polar surface area (TPSA) is 214 Å². The number of Topliss-reactive ketones (excluding diaryl/α,β-unsaturated/α-hetero) is 1. The van der Waals surface area contributed by atoms with Crippen molar-refractivity contribution in [2.24, 2.45) is 10.8 Å². The van der Waals surface area contributed by atoms with Gasteiger partial charge in [0.25, 0.3) is 0 Å². The van der Waals surface area contributed by atoms with E-state index in [4.69, 9.17) is 0 Å². The molecule has 81 heavy (non-hydrogen) atoms. The molecule has 4 aliphatic rings. The van der Waals surface area contributed by atoms with E-state index in [0.29, 0.717) is 77.2 Å². The number of nitrogens with one attached hydrogen (secondary N) is 5. The quantitative estimate of drug-likeness (QED) is 0.0480. The Labute approximate surface area is 479 Å². The Hall–Kier alpha value is -6.61. The van der Waals surface area contributed by atoms with Gasteiger partial charge in [0.1, 0.15) is 41.7 Å². The second kappa shape index (κ2) is 26.5. The number of piperidine rings is 2. The SMILES string of the molecule is CNc1cc(N2CCC3(CC2)CN(c2cc(F)c(CN4CCC(C)(C(=O)NCCCCCCCCCC(=O)N[C@H](C(=O)N5CC(=O)C[C@H]5C(=O)N[C@@H](C)c5ccc(-c6scnc6C)cc5)C(C)(C)C)CC4)cc2F)CC(=O)N3)ncn1. The van der Waals surface area contributed by atoms with Crippen LogP contribution in [0.1, 0.15) is 141 Å². The molecule has 4 saturated heterocycles. The number of rotatable bonds is 22. The van der Waals surface area contributed by atoms with Crippen LogP contribution in [-0.4, -0.2) is 137 Å². The minimum atomic E-state index is -0.974. The van der Waals surface area contributed by atoms with Crippen molar-refractivity contribution in [1.82, 2.24) is 46.0 Å². The molecule has 438 valence electrons. The summed E-state index contributed by atoms with van der Waals surface area (Å²) in [5, 5.41) is 15.3. The van der Waals surface area contributed by atoms with Gasteiger partial charge in [0.2, 0.25) is 29.5 Å². The second-order valence-electron chi connectivity index (χ2n) is 24.1. The zero-order valence-corrected chi connectivity index (χ0v) is 49.0. The summed E-state index contributed by atoms with van der Waals surface area (Å²) in [5.74, 6) is -1.12. The molecule has 0 saturated carbocycles. The average molecular weight is 1140 g/mol. The van der Waals surface area contributed by atoms with Gasteiger partial charge in [-0.25, -0.2) is 23.7 Å². The third-order valence-electron chi connectivity index (χ3n) is 16.8. The zero-order valence-electron chi connectivity index (χ0n) is 48.2. The van der Waals surface area contributed by atoms with E-state index >= 15 is 8.78 Å². The van der Waals surface area contributed by atoms with E-state index in [2.05, 4.69) is 51.3 Å². The number of unbranched alkanes of at least 4 members (excludes halogenated alkanes) is 6. The number of piperazine rings is 1. The number of anilines is 3. The molecule has 4 fully saturated rings. The summed E-state index contributed by atoms with van der Waals surface area (Å²) in [4.78, 5) is 101. The fraction of sp³-hybridized carbons (Fsp3) is 0.583. The molecule has 0 aliphatic carbocycles. The number of benzene rings is 2. The molecule has 2 aromatic heterocycles. The molecule has 5 amide bonds. The number of ketones is 1. The van der Waals surface area contributed by atoms with Gasteiger partial charge in [-0.05, 0) is 88.1 Å². The molecule has 21 heteroatoms. The predicted molar refractivity (Wildman–Crippen MR) is 310 cm³/mol. The Kier molecular flexibility index (Phi) is 19.8. The van der Waals surface area contributed by atoms with Gasteiger partial charge in [-0.1, -0.05) is 84.1 Å². The number of aryl methyl sites for hydroxylation is 1. The minimum absolute atomic E-state index is 0.00785. The molecule has 3 atom stereocenters. The number of hydrogen-bond donors (Lipinski definition) is 5. The smallest absolute Gasteiger partial charge is 0.246 e. The van der Waals surface area contributed by atoms with Crippen molar-refractivity contribution < 1.29 is 37.5 Å². The maximum Gasteiger partial charge on any atom is 0.246 e. The minimum Gasteiger partial charge on any atom is -0.373 e. The highest BCUT2D eigenvalue weighted by Crippen LogP contribution is 2.36. The highest BCUT2D eigenvalue weighted by Gasteiger charge is 2.46. The fourth-order valence-corrected chi connectivity index (χ4v) is 12.5. The molecule has 4 aromatic rings. The summed E-state index contributed by atoms with van der Waals surface area (Å²) in [6.07, 6.45) is 10.3. The number of aromatic nitrogens is 3. The van der Waals surface area contributed by atoms with Gasteiger partial charge < -0.3 is 41.3 Å². The largest absolute Gasteiger partial charge is 0.373 e. The van der Waals surface area contributed by atoms with Crippen molar-refractivity contribution in [3.63, 3.8) is 0 Å². The van der Waals surface area contributed by atoms with Gasteiger partial charge in [-0.15, -0.1) is 11.3 Å². The lowest BCUT2D eigenvalue weighted by molar-refractivity contribution is -0.144. The number of carbonyl (C=O) groups is 6. The van der Waals surface area contributed by atoms with E-state index < -0.39 is 51.9 Å². The lowest BCUT2D eigenvalue weighted by Crippen LogP contribution is -2.66. The summed E-state index contributed by atoms with van der Waals surface area (Å²) < 4.78 is 31.7. The van der Waals surface area contributed by atoms with Crippen molar-refractivity contribution in [3.8, 4) is 10.4 Å². The zero-order chi connectivity index (χ0) is 58.1. The molecule has 4 aliphatic heterocycles. The first kappa shape index (κ1) is 60.5. The highest BCUT2D eigenvalue weighted by atomic mass is 32.1. The molecule has 6 heterocycles. The Morgan fingerprint density at radius 1 is 0.840 bits per heavy atom. The molecule has 2 aromatic carbocycles. The molecular formula is C60H82F2N12O6S. The van der Waals surface area contributed by atoms with Gasteiger partial charge in [-0.2, -0.15) is 0 Å². The van der Waals surface area contributed by atoms with Crippen molar-refractivity contribution in [3.05, 3.63) is 82.8 Å². The monoisotopic (exact) mass is 1140 g/mol. The van der Waals surface area contributed by atoms with Crippen LogP contribution >= 0.6 is 11.3 Å². The van der Waals surface area contributed by atoms with Crippen LogP contribution in [0.15, 0.2) is 54.3 Å². The normalized spacial score (nSPS) is 19.0. The van der Waals surface area contributed by atoms with Gasteiger partial charge >= 0.3 is 0 Å². The molecule has 0 unspecified atom stereocenters. The summed E-state index contributed by atoms with van der Waals surface area (Å²) in [7, 11) is 1.80. The maximum atomic E-state index is 15.9. The second-order valence-corrected chi connectivity index (χ2v) is 25.0. The number of hydrogen-bond acceptors (Lipinski definition) is 14. The van der Waals surface area contributed by atoms with Crippen LogP contribution in [0.2, 0.25) is 0 Å². The van der Waals surface area contributed by atoms with Crippen molar-refractivity contribution >= 4 is 64.0 Å². The van der Waals surface area contributed by atoms with E-state index in [1.165, 1.54) is 23.4 Å². The molecule has 1 spiro atoms. The predicted octanol–water partition coefficient (Wildman–Crippen LogP) is 7.62. The highest BCUT2D eigenvalue weighted by molar-refractivity contribution is 7.13. The maximum absolute atomic E-state index is 15.9. The van der Waals surface area contributed by atoms with Crippen LogP contribution < -0.4 is 36.4 Å². The number of thiazole rings is 1. The average Bonchev–Trinajstić information content (AvgIpc) is 4.10. The first-order valence-electron chi connectivity index (χ1n) is 28.9. The lowest BCUT2D eigenvalue weighted by atomic mass is 9.79. The molecule has 5 N–H and O–H groups in total. The number of amides is 5. The fourth-order valence-electron chi connectivity index (χ4n) is 11.7. The first-order valence-corrected chi connectivity index (χ1v) is 29.7. The van der Waals surface area contributed by atoms with E-state index in [0.717, 1.165) is 66.0 Å². The van der Waals surface area contributed by atoms with E-state index in [-0.39, 0.29) is 73.3 Å². The third kappa shape index (κ3) is 15.3. The van der Waals surface area contributed by atoms with Gasteiger partial charge in [0.05, 0.1) is 46.4 Å². The van der Waals surface area contributed by atoms with Crippen molar-refractivity contribution in [1.29, 1.82) is 0 Å². The number of likely N-dealkylation sites (tertiary alicyclic amines) is 2. The van der Waals surface area contributed by atoms with Gasteiger partial charge in [0, 0.05) is 75.7 Å². The molecule has 0 bridgehead atoms. The Bertz CT molecular complexity index is 2880. The molecule has 0 radical (unpaired) electrons. The molecule has 18 nitrogen and oxygen atoms in total. The lowest BCUT2D eigenvalue weighted by Gasteiger charge is -2.48. The van der Waals surface area contributed by atoms with Gasteiger partial charge in [-0.3, -0.25) is 33.7 Å². The first-order chi connectivity index (χ1) is 38.6. The van der Waals surface area contributed by atoms with E-state index in [1.807, 2.05) is 77.4 Å². The summed E-state index contributed by atoms with van der Waals surface area (Å²) in [6.45, 7) is 14.7. The third-order valence-corrected chi connectivity index (χ3v) is 17.8. The van der Waals surface area contributed by atoms with Crippen LogP contribution in [0.5, 0.6) is 0 Å². The van der Waals surface area contributed by atoms with Gasteiger partial charge in [0.15, 0.2) is 5.78 Å². The number of carbonyl (C=O) groups excluding carboxylic acids is 6. The molecular weight excluding hydrogens is 1050 g/mol. The summed E-state index contributed by atoms with van der Waals surface area (Å²) in [6, 6.07) is 9.98. The van der Waals surface area contributed by atoms with Crippen LogP contribution in [0.4, 0.5) is 26.1 Å². The van der Waals surface area contributed by atoms with Crippen LogP contribution in [-0.2, 0) is 35.3 Å². The molecule has 8 rings (SSSR count). The standard InChI is InChI=1S/C60H82F2N12O6S/c1-39(41-16-18-42(19-17-41)53-40(2)67-38-81-53)68-55(78)48-30-44(75)34-74(48)56(79)54(58(3,4)5)69-51(76)15-13-11-9-8-10-12-14-24-64-57(80)59(6)20-25-71(26-21-59)33-43-29-46(62)47(31-45(43)61)73-35-52(77)70-60(36-73)22-27-72(28-23-60)50-32-49(63-7)65-37-66-50/h16-19,29,31-32,37-39,48,54H,8-15,20-28,30,33-36H2,1-7H3,(H,64,80)(H,68,78)(H,69,76)(H,70,77)(H,63,65,66)/t39-,48-,54+/m0/s1. The van der Waals surface area contributed by atoms with Crippen LogP contribution in [0, 0.1) is 29.4 Å². The summed E-state index contributed by atoms with van der Waals surface area (Å²) in [5.41, 5.74) is 3.19. The van der Waals surface area contributed by atoms with Crippen molar-refractivity contribution in [2.75, 3.05) is 74.5 Å². The van der Waals surface area contributed by atoms with Crippen LogP contribution in [0.3, 0.4) is 0 Å². The number of halogens is 2. The van der Waals surface area contributed by atoms with Crippen molar-refractivity contribution in [2.45, 2.75) is 155 Å². The van der Waals surface area contributed by atoms with E-state index in [1.54, 1.807) is 23.3 Å².